The van der Waals surface area contributed by atoms with Crippen LogP contribution >= 0.6 is 0 Å². The topological polar surface area (TPSA) is 166 Å². The van der Waals surface area contributed by atoms with Gasteiger partial charge in [-0.15, -0.1) is 0 Å². The molecule has 2 heterocycles. The number of aliphatic hydroxyl groups excluding tert-OH is 2. The number of carbonyl (C=O) groups excluding carboxylic acids is 2. The molecule has 11 nitrogen and oxygen atoms in total. The maximum absolute atomic E-state index is 12.6. The van der Waals surface area contributed by atoms with E-state index in [2.05, 4.69) is 10.2 Å². The van der Waals surface area contributed by atoms with Crippen LogP contribution in [0.15, 0.2) is 24.0 Å². The summed E-state index contributed by atoms with van der Waals surface area (Å²) in [6.45, 7) is 0.413. The number of esters is 1. The van der Waals surface area contributed by atoms with Gasteiger partial charge in [-0.25, -0.2) is 4.79 Å². The van der Waals surface area contributed by atoms with Crippen LogP contribution in [0.1, 0.15) is 42.4 Å². The molecule has 194 valence electrons. The van der Waals surface area contributed by atoms with E-state index in [0.717, 1.165) is 17.7 Å². The van der Waals surface area contributed by atoms with E-state index in [1.54, 1.807) is 6.08 Å². The van der Waals surface area contributed by atoms with E-state index in [0.29, 0.717) is 29.9 Å². The predicted molar refractivity (Wildman–Crippen MR) is 123 cm³/mol. The standard InChI is InChI=1S/C25H30N2O9/c1-27-9-7-24-20-13-2-3-14(12-28)21(20)36-22(24)16(4-6-25(24,34)17(27)10-13)35-19(31)5-8-26-18(30)11-15(29)23(32)33/h2-4,15,17,22,28-29,34H,5-12H2,1H3,(H,26,30)(H,32,33)/t15-,17+,22-,24-,25+/m0/s1. The van der Waals surface area contributed by atoms with Gasteiger partial charge in [0, 0.05) is 30.1 Å². The summed E-state index contributed by atoms with van der Waals surface area (Å²) in [6.07, 6.45) is -0.131. The molecule has 1 aromatic rings. The fourth-order valence-corrected chi connectivity index (χ4v) is 6.45. The number of ether oxygens (including phenoxy) is 2. The van der Waals surface area contributed by atoms with Crippen LogP contribution in [0, 0.1) is 0 Å². The monoisotopic (exact) mass is 502 g/mol. The molecule has 1 spiro atoms. The summed E-state index contributed by atoms with van der Waals surface area (Å²) in [5, 5.41) is 42.4. The summed E-state index contributed by atoms with van der Waals surface area (Å²) in [4.78, 5) is 37.2. The Morgan fingerprint density at radius 1 is 1.33 bits per heavy atom. The molecule has 1 fully saturated rings. The molecule has 1 aromatic carbocycles. The minimum absolute atomic E-state index is 0.0935. The van der Waals surface area contributed by atoms with Crippen LogP contribution in [-0.4, -0.2) is 87.2 Å². The molecule has 1 amide bonds. The van der Waals surface area contributed by atoms with E-state index in [4.69, 9.17) is 14.6 Å². The number of nitrogens with zero attached hydrogens (tertiary/aromatic N) is 1. The third-order valence-electron chi connectivity index (χ3n) is 8.17. The van der Waals surface area contributed by atoms with E-state index in [-0.39, 0.29) is 32.0 Å². The molecule has 11 heteroatoms. The lowest BCUT2D eigenvalue weighted by Gasteiger charge is -2.61. The van der Waals surface area contributed by atoms with Crippen molar-refractivity contribution in [2.75, 3.05) is 20.1 Å². The number of nitrogens with one attached hydrogen (secondary N) is 1. The van der Waals surface area contributed by atoms with Gasteiger partial charge in [0.15, 0.2) is 12.2 Å². The molecule has 1 saturated heterocycles. The van der Waals surface area contributed by atoms with Crippen molar-refractivity contribution in [2.45, 2.75) is 68.0 Å². The molecule has 2 aliphatic heterocycles. The molecular formula is C25H30N2O9. The molecule has 0 unspecified atom stereocenters. The van der Waals surface area contributed by atoms with Gasteiger partial charge in [0.1, 0.15) is 11.5 Å². The maximum atomic E-state index is 12.6. The molecule has 2 bridgehead atoms. The van der Waals surface area contributed by atoms with Crippen molar-refractivity contribution in [2.24, 2.45) is 0 Å². The first-order valence-corrected chi connectivity index (χ1v) is 12.1. The molecular weight excluding hydrogens is 472 g/mol. The van der Waals surface area contributed by atoms with E-state index in [1.165, 1.54) is 0 Å². The van der Waals surface area contributed by atoms with Gasteiger partial charge in [0.2, 0.25) is 5.91 Å². The van der Waals surface area contributed by atoms with Crippen molar-refractivity contribution >= 4 is 17.8 Å². The van der Waals surface area contributed by atoms with Crippen molar-refractivity contribution in [3.05, 3.63) is 40.7 Å². The van der Waals surface area contributed by atoms with E-state index >= 15 is 0 Å². The van der Waals surface area contributed by atoms with E-state index in [1.807, 2.05) is 19.2 Å². The number of hydrogen-bond acceptors (Lipinski definition) is 9. The molecule has 2 aliphatic carbocycles. The van der Waals surface area contributed by atoms with Crippen LogP contribution < -0.4 is 10.1 Å². The number of aliphatic hydroxyl groups is 3. The highest BCUT2D eigenvalue weighted by Crippen LogP contribution is 2.64. The molecule has 36 heavy (non-hydrogen) atoms. The Balaban J connectivity index is 1.36. The van der Waals surface area contributed by atoms with Crippen LogP contribution in [-0.2, 0) is 37.6 Å². The summed E-state index contributed by atoms with van der Waals surface area (Å²) < 4.78 is 12.1. The Morgan fingerprint density at radius 2 is 2.11 bits per heavy atom. The van der Waals surface area contributed by atoms with Gasteiger partial charge in [0.05, 0.1) is 30.5 Å². The fraction of sp³-hybridized carbons (Fsp3) is 0.560. The Hall–Kier alpha value is -2.99. The number of carbonyl (C=O) groups is 3. The quantitative estimate of drug-likeness (QED) is 0.288. The molecule has 0 aromatic heterocycles. The zero-order valence-electron chi connectivity index (χ0n) is 19.9. The minimum Gasteiger partial charge on any atom is -0.481 e. The first kappa shape index (κ1) is 24.7. The highest BCUT2D eigenvalue weighted by atomic mass is 16.6. The number of carboxylic acids is 1. The van der Waals surface area contributed by atoms with Gasteiger partial charge in [-0.05, 0) is 38.1 Å². The Bertz CT molecular complexity index is 1150. The molecule has 5 atom stereocenters. The van der Waals surface area contributed by atoms with Gasteiger partial charge in [0.25, 0.3) is 0 Å². The number of hydrogen-bond donors (Lipinski definition) is 5. The fourth-order valence-electron chi connectivity index (χ4n) is 6.45. The van der Waals surface area contributed by atoms with Gasteiger partial charge >= 0.3 is 11.9 Å². The number of benzene rings is 1. The largest absolute Gasteiger partial charge is 0.481 e. The van der Waals surface area contributed by atoms with Gasteiger partial charge in [-0.3, -0.25) is 9.59 Å². The van der Waals surface area contributed by atoms with Gasteiger partial charge < -0.3 is 40.1 Å². The van der Waals surface area contributed by atoms with E-state index < -0.39 is 47.5 Å². The lowest BCUT2D eigenvalue weighted by molar-refractivity contribution is -0.169. The van der Waals surface area contributed by atoms with Crippen LogP contribution in [0.25, 0.3) is 0 Å². The lowest BCUT2D eigenvalue weighted by Crippen LogP contribution is -2.74. The van der Waals surface area contributed by atoms with Crippen LogP contribution in [0.5, 0.6) is 5.75 Å². The zero-order valence-corrected chi connectivity index (χ0v) is 19.9. The van der Waals surface area contributed by atoms with Gasteiger partial charge in [-0.1, -0.05) is 12.1 Å². The summed E-state index contributed by atoms with van der Waals surface area (Å²) in [7, 11) is 2.00. The minimum atomic E-state index is -1.81. The number of aliphatic carboxylic acids is 1. The summed E-state index contributed by atoms with van der Waals surface area (Å²) in [6, 6.07) is 3.68. The average molecular weight is 503 g/mol. The summed E-state index contributed by atoms with van der Waals surface area (Å²) in [5.74, 6) is -1.97. The number of likely N-dealkylation sites (N-methyl/N-ethyl adjacent to an activating group) is 1. The first-order chi connectivity index (χ1) is 17.1. The Labute approximate surface area is 207 Å². The van der Waals surface area contributed by atoms with E-state index in [9.17, 15) is 29.7 Å². The SMILES string of the molecule is CN1CC[C@]23c4c5ccc(CO)c4O[C@H]2C(OC(=O)CCNC(=O)C[C@H](O)C(=O)O)=CC[C@@]3(O)[C@H]1C5. The smallest absolute Gasteiger partial charge is 0.333 e. The van der Waals surface area contributed by atoms with Gasteiger partial charge in [-0.2, -0.15) is 0 Å². The summed E-state index contributed by atoms with van der Waals surface area (Å²) in [5.41, 5.74) is 0.631. The number of piperidine rings is 1. The van der Waals surface area contributed by atoms with Crippen molar-refractivity contribution in [1.82, 2.24) is 10.2 Å². The highest BCUT2D eigenvalue weighted by molar-refractivity contribution is 5.83. The normalized spacial score (nSPS) is 30.5. The first-order valence-electron chi connectivity index (χ1n) is 12.1. The number of amides is 1. The second kappa shape index (κ2) is 8.84. The number of likely N-dealkylation sites (tertiary alicyclic amines) is 1. The third-order valence-corrected chi connectivity index (χ3v) is 8.17. The van der Waals surface area contributed by atoms with Crippen molar-refractivity contribution in [1.29, 1.82) is 0 Å². The molecule has 4 aliphatic rings. The van der Waals surface area contributed by atoms with Crippen LogP contribution in [0.4, 0.5) is 0 Å². The predicted octanol–water partition coefficient (Wildman–Crippen LogP) is -0.658. The number of carboxylic acid groups (broad SMARTS) is 1. The maximum Gasteiger partial charge on any atom is 0.333 e. The molecule has 0 saturated carbocycles. The molecule has 0 radical (unpaired) electrons. The van der Waals surface area contributed by atoms with Crippen molar-refractivity contribution in [3.8, 4) is 5.75 Å². The second-order valence-electron chi connectivity index (χ2n) is 10.0. The van der Waals surface area contributed by atoms with Crippen molar-refractivity contribution < 1.29 is 44.3 Å². The lowest BCUT2D eigenvalue weighted by atomic mass is 9.50. The Morgan fingerprint density at radius 3 is 2.83 bits per heavy atom. The molecule has 5 rings (SSSR count). The van der Waals surface area contributed by atoms with Crippen LogP contribution in [0.3, 0.4) is 0 Å². The average Bonchev–Trinajstić information content (AvgIpc) is 3.18. The Kier molecular flexibility index (Phi) is 6.06. The molecule has 5 N–H and O–H groups in total. The summed E-state index contributed by atoms with van der Waals surface area (Å²) >= 11 is 0. The zero-order chi connectivity index (χ0) is 25.8. The van der Waals surface area contributed by atoms with Crippen LogP contribution in [0.2, 0.25) is 0 Å². The third kappa shape index (κ3) is 3.52. The van der Waals surface area contributed by atoms with Crippen molar-refractivity contribution in [3.63, 3.8) is 0 Å². The second-order valence-corrected chi connectivity index (χ2v) is 10.0. The highest BCUT2D eigenvalue weighted by Gasteiger charge is 2.71. The number of rotatable bonds is 8.